The smallest absolute Gasteiger partial charge is 0.438 e. The molecule has 0 unspecified atom stereocenters. The maximum Gasteiger partial charge on any atom is 0.509 e. The van der Waals surface area contributed by atoms with E-state index in [4.69, 9.17) is 0 Å². The van der Waals surface area contributed by atoms with Gasteiger partial charge in [0.15, 0.2) is 6.10 Å². The van der Waals surface area contributed by atoms with Crippen LogP contribution in [0, 0.1) is 11.8 Å². The maximum absolute atomic E-state index is 10.5. The molecule has 0 aromatic rings. The van der Waals surface area contributed by atoms with Crippen molar-refractivity contribution in [3.63, 3.8) is 0 Å². The summed E-state index contributed by atoms with van der Waals surface area (Å²) in [6.45, 7) is 3.62. The summed E-state index contributed by atoms with van der Waals surface area (Å²) < 4.78 is 8.94. The number of methoxy groups -OCH3 is 1. The zero-order valence-electron chi connectivity index (χ0n) is 7.01. The number of ether oxygens (including phenoxy) is 2. The van der Waals surface area contributed by atoms with Crippen LogP contribution in [-0.2, 0) is 9.47 Å². The zero-order valence-corrected chi connectivity index (χ0v) is 7.01. The molecule has 0 saturated carbocycles. The van der Waals surface area contributed by atoms with Crippen molar-refractivity contribution in [3.05, 3.63) is 0 Å². The normalized spacial score (nSPS) is 10.8. The van der Waals surface area contributed by atoms with E-state index in [9.17, 15) is 4.79 Å². The Morgan fingerprint density at radius 3 is 2.73 bits per heavy atom. The molecule has 3 nitrogen and oxygen atoms in total. The molecule has 3 heteroatoms. The Labute approximate surface area is 66.7 Å². The molecule has 0 aromatic heterocycles. The Bertz CT molecular complexity index is 176. The van der Waals surface area contributed by atoms with Gasteiger partial charge in [0.2, 0.25) is 0 Å². The monoisotopic (exact) mass is 156 g/mol. The lowest BCUT2D eigenvalue weighted by molar-refractivity contribution is 0.0604. The lowest BCUT2D eigenvalue weighted by atomic mass is 10.4. The van der Waals surface area contributed by atoms with E-state index in [1.807, 2.05) is 6.92 Å². The van der Waals surface area contributed by atoms with Crippen LogP contribution < -0.4 is 0 Å². The molecule has 0 N–H and O–H groups in total. The minimum absolute atomic E-state index is 0.387. The molecule has 1 atom stereocenters. The summed E-state index contributed by atoms with van der Waals surface area (Å²) in [6, 6.07) is 0. The van der Waals surface area contributed by atoms with Crippen molar-refractivity contribution in [2.24, 2.45) is 0 Å². The number of carbonyl (C=O) groups is 1. The lowest BCUT2D eigenvalue weighted by Crippen LogP contribution is -2.12. The van der Waals surface area contributed by atoms with E-state index >= 15 is 0 Å². The molecule has 11 heavy (non-hydrogen) atoms. The summed E-state index contributed by atoms with van der Waals surface area (Å²) in [6.07, 6.45) is -0.320. The van der Waals surface area contributed by atoms with E-state index in [0.29, 0.717) is 0 Å². The largest absolute Gasteiger partial charge is 0.509 e. The van der Waals surface area contributed by atoms with Crippen LogP contribution >= 0.6 is 0 Å². The van der Waals surface area contributed by atoms with Crippen molar-refractivity contribution in [2.75, 3.05) is 7.11 Å². The van der Waals surface area contributed by atoms with Crippen molar-refractivity contribution in [1.82, 2.24) is 0 Å². The summed E-state index contributed by atoms with van der Waals surface area (Å²) >= 11 is 0. The first-order valence-corrected chi connectivity index (χ1v) is 3.43. The van der Waals surface area contributed by atoms with E-state index in [0.717, 1.165) is 6.42 Å². The molecule has 0 aromatic carbocycles. The van der Waals surface area contributed by atoms with Gasteiger partial charge < -0.3 is 9.47 Å². The lowest BCUT2D eigenvalue weighted by Gasteiger charge is -2.03. The third kappa shape index (κ3) is 5.28. The highest BCUT2D eigenvalue weighted by molar-refractivity contribution is 5.60. The highest BCUT2D eigenvalue weighted by atomic mass is 16.7. The molecular weight excluding hydrogens is 144 g/mol. The summed E-state index contributed by atoms with van der Waals surface area (Å²) in [5.41, 5.74) is 0. The second kappa shape index (κ2) is 5.60. The van der Waals surface area contributed by atoms with Gasteiger partial charge in [-0.25, -0.2) is 4.79 Å². The molecule has 0 aliphatic carbocycles. The second-order valence-corrected chi connectivity index (χ2v) is 1.89. The van der Waals surface area contributed by atoms with Crippen LogP contribution in [0.1, 0.15) is 20.3 Å². The van der Waals surface area contributed by atoms with Crippen molar-refractivity contribution in [1.29, 1.82) is 0 Å². The van der Waals surface area contributed by atoms with E-state index in [2.05, 4.69) is 21.3 Å². The van der Waals surface area contributed by atoms with Crippen molar-refractivity contribution in [3.8, 4) is 11.8 Å². The average Bonchev–Trinajstić information content (AvgIpc) is 2.00. The third-order valence-electron chi connectivity index (χ3n) is 0.922. The Morgan fingerprint density at radius 2 is 2.27 bits per heavy atom. The Hall–Kier alpha value is -1.17. The third-order valence-corrected chi connectivity index (χ3v) is 0.922. The fourth-order valence-corrected chi connectivity index (χ4v) is 0.468. The molecule has 0 bridgehead atoms. The fraction of sp³-hybridized carbons (Fsp3) is 0.625. The van der Waals surface area contributed by atoms with Crippen LogP contribution in [0.2, 0.25) is 0 Å². The first kappa shape index (κ1) is 9.83. The van der Waals surface area contributed by atoms with Crippen molar-refractivity contribution < 1.29 is 14.3 Å². The van der Waals surface area contributed by atoms with Crippen LogP contribution in [-0.4, -0.2) is 19.4 Å². The highest BCUT2D eigenvalue weighted by Gasteiger charge is 2.04. The molecule has 0 fully saturated rings. The fourth-order valence-electron chi connectivity index (χ4n) is 0.468. The number of hydrogen-bond donors (Lipinski definition) is 0. The highest BCUT2D eigenvalue weighted by Crippen LogP contribution is 1.91. The van der Waals surface area contributed by atoms with Gasteiger partial charge in [0, 0.05) is 6.42 Å². The molecule has 62 valence electrons. The molecular formula is C8H12O3. The van der Waals surface area contributed by atoms with Gasteiger partial charge >= 0.3 is 6.16 Å². The summed E-state index contributed by atoms with van der Waals surface area (Å²) in [4.78, 5) is 10.5. The summed E-state index contributed by atoms with van der Waals surface area (Å²) in [7, 11) is 1.27. The van der Waals surface area contributed by atoms with Crippen LogP contribution in [0.3, 0.4) is 0 Å². The molecule has 0 aliphatic heterocycles. The molecule has 0 rings (SSSR count). The minimum Gasteiger partial charge on any atom is -0.438 e. The molecule has 0 saturated heterocycles. The van der Waals surface area contributed by atoms with Gasteiger partial charge in [0.05, 0.1) is 7.11 Å². The maximum atomic E-state index is 10.5. The molecule has 0 aliphatic rings. The van der Waals surface area contributed by atoms with E-state index < -0.39 is 6.16 Å². The van der Waals surface area contributed by atoms with Crippen molar-refractivity contribution in [2.45, 2.75) is 26.4 Å². The zero-order chi connectivity index (χ0) is 8.69. The van der Waals surface area contributed by atoms with E-state index in [1.165, 1.54) is 7.11 Å². The van der Waals surface area contributed by atoms with E-state index in [1.54, 1.807) is 6.92 Å². The Morgan fingerprint density at radius 1 is 1.64 bits per heavy atom. The number of rotatable bonds is 1. The van der Waals surface area contributed by atoms with Gasteiger partial charge in [0.1, 0.15) is 0 Å². The Kier molecular flexibility index (Phi) is 5.01. The first-order chi connectivity index (χ1) is 5.20. The van der Waals surface area contributed by atoms with Gasteiger partial charge in [-0.1, -0.05) is 18.8 Å². The molecule has 0 heterocycles. The van der Waals surface area contributed by atoms with Crippen LogP contribution in [0.4, 0.5) is 4.79 Å². The summed E-state index contributed by atoms with van der Waals surface area (Å²) in [5, 5.41) is 0. The molecule has 0 amide bonds. The summed E-state index contributed by atoms with van der Waals surface area (Å²) in [5.74, 6) is 5.52. The van der Waals surface area contributed by atoms with Gasteiger partial charge in [-0.15, -0.1) is 0 Å². The average molecular weight is 156 g/mol. The predicted molar refractivity (Wildman–Crippen MR) is 41.0 cm³/mol. The van der Waals surface area contributed by atoms with Crippen LogP contribution in [0.25, 0.3) is 0 Å². The molecule has 0 radical (unpaired) electrons. The topological polar surface area (TPSA) is 35.5 Å². The van der Waals surface area contributed by atoms with Gasteiger partial charge in [-0.3, -0.25) is 0 Å². The quantitative estimate of drug-likeness (QED) is 0.427. The van der Waals surface area contributed by atoms with E-state index in [-0.39, 0.29) is 6.10 Å². The first-order valence-electron chi connectivity index (χ1n) is 3.43. The van der Waals surface area contributed by atoms with Gasteiger partial charge in [0.25, 0.3) is 0 Å². The number of carbonyl (C=O) groups excluding carboxylic acids is 1. The van der Waals surface area contributed by atoms with Gasteiger partial charge in [-0.2, -0.15) is 0 Å². The van der Waals surface area contributed by atoms with Crippen LogP contribution in [0.15, 0.2) is 0 Å². The standard InChI is InChI=1S/C8H12O3/c1-4-5-6-7(2)11-8(9)10-3/h7H,4H2,1-3H3/t7-/m1/s1. The molecule has 0 spiro atoms. The van der Waals surface area contributed by atoms with Gasteiger partial charge in [-0.05, 0) is 6.92 Å². The number of hydrogen-bond acceptors (Lipinski definition) is 3. The van der Waals surface area contributed by atoms with Crippen LogP contribution in [0.5, 0.6) is 0 Å². The second-order valence-electron chi connectivity index (χ2n) is 1.89. The Balaban J connectivity index is 3.68. The minimum atomic E-state index is -0.692. The predicted octanol–water partition coefficient (Wildman–Crippen LogP) is 1.57. The SMILES string of the molecule is CCC#C[C@@H](C)OC(=O)OC. The van der Waals surface area contributed by atoms with Crippen molar-refractivity contribution >= 4 is 6.16 Å².